The van der Waals surface area contributed by atoms with Crippen LogP contribution in [-0.4, -0.2) is 14.9 Å². The van der Waals surface area contributed by atoms with Crippen LogP contribution in [0.15, 0.2) is 57.6 Å². The first kappa shape index (κ1) is 18.9. The molecule has 2 aliphatic rings. The number of hydrogen-bond donors (Lipinski definition) is 1. The lowest BCUT2D eigenvalue weighted by atomic mass is 9.81. The number of hydrogen-bond acceptors (Lipinski definition) is 4. The van der Waals surface area contributed by atoms with Crippen LogP contribution in [0.3, 0.4) is 0 Å². The summed E-state index contributed by atoms with van der Waals surface area (Å²) < 4.78 is 2.41. The molecule has 30 heavy (non-hydrogen) atoms. The zero-order valence-electron chi connectivity index (χ0n) is 16.0. The molecule has 0 fully saturated rings. The number of rotatable bonds is 1. The maximum atomic E-state index is 13.4. The van der Waals surface area contributed by atoms with Crippen molar-refractivity contribution in [2.75, 3.05) is 5.32 Å². The van der Waals surface area contributed by atoms with Crippen molar-refractivity contribution in [3.8, 4) is 0 Å². The van der Waals surface area contributed by atoms with Crippen molar-refractivity contribution in [1.29, 1.82) is 0 Å². The molecule has 1 N–H and O–H groups in total. The predicted molar refractivity (Wildman–Crippen MR) is 117 cm³/mol. The van der Waals surface area contributed by atoms with E-state index < -0.39 is 17.2 Å². The van der Waals surface area contributed by atoms with Gasteiger partial charge in [-0.05, 0) is 17.7 Å². The summed E-state index contributed by atoms with van der Waals surface area (Å²) in [6.45, 7) is 0. The Hall–Kier alpha value is -3.09. The molecule has 1 atom stereocenters. The van der Waals surface area contributed by atoms with E-state index in [0.717, 1.165) is 10.1 Å². The molecule has 0 radical (unpaired) electrons. The van der Waals surface area contributed by atoms with Gasteiger partial charge in [0.05, 0.1) is 17.2 Å². The van der Waals surface area contributed by atoms with Gasteiger partial charge >= 0.3 is 5.69 Å². The van der Waals surface area contributed by atoms with E-state index in [9.17, 15) is 14.4 Å². The summed E-state index contributed by atoms with van der Waals surface area (Å²) in [4.78, 5) is 39.2. The normalized spacial score (nSPS) is 16.8. The third kappa shape index (κ3) is 2.41. The van der Waals surface area contributed by atoms with Crippen molar-refractivity contribution in [3.05, 3.63) is 101 Å². The van der Waals surface area contributed by atoms with E-state index in [-0.39, 0.29) is 5.78 Å². The number of carbonyl (C=O) groups excluding carboxylic acids is 1. The zero-order chi connectivity index (χ0) is 21.3. The van der Waals surface area contributed by atoms with Crippen LogP contribution in [0.1, 0.15) is 33.0 Å². The van der Waals surface area contributed by atoms with E-state index in [0.29, 0.717) is 43.8 Å². The van der Waals surface area contributed by atoms with E-state index in [1.165, 1.54) is 11.6 Å². The highest BCUT2D eigenvalue weighted by molar-refractivity contribution is 6.35. The molecular formula is C22H15Cl2N3O3. The molecule has 0 saturated heterocycles. The number of ketones is 1. The van der Waals surface area contributed by atoms with Gasteiger partial charge in [-0.1, -0.05) is 53.5 Å². The molecule has 3 aromatic rings. The van der Waals surface area contributed by atoms with Gasteiger partial charge in [0.1, 0.15) is 5.82 Å². The minimum Gasteiger partial charge on any atom is -0.340 e. The first-order valence-corrected chi connectivity index (χ1v) is 9.97. The largest absolute Gasteiger partial charge is 0.340 e. The number of allylic oxidation sites excluding steroid dienone is 1. The van der Waals surface area contributed by atoms with Crippen LogP contribution >= 0.6 is 23.2 Å². The lowest BCUT2D eigenvalue weighted by molar-refractivity contribution is 0.103. The average Bonchev–Trinajstić information content (AvgIpc) is 3.02. The molecule has 0 bridgehead atoms. The molecule has 0 unspecified atom stereocenters. The van der Waals surface area contributed by atoms with Gasteiger partial charge in [-0.25, -0.2) is 4.79 Å². The summed E-state index contributed by atoms with van der Waals surface area (Å²) in [5.41, 5.74) is 2.22. The second-order valence-corrected chi connectivity index (χ2v) is 8.20. The summed E-state index contributed by atoms with van der Waals surface area (Å²) in [5, 5.41) is 3.98. The molecule has 1 aromatic heterocycles. The Kier molecular flexibility index (Phi) is 4.07. The topological polar surface area (TPSA) is 73.1 Å². The number of anilines is 1. The van der Waals surface area contributed by atoms with Crippen LogP contribution in [0.5, 0.6) is 0 Å². The van der Waals surface area contributed by atoms with Crippen LogP contribution in [0, 0.1) is 0 Å². The van der Waals surface area contributed by atoms with Crippen molar-refractivity contribution in [3.63, 3.8) is 0 Å². The van der Waals surface area contributed by atoms with Gasteiger partial charge in [0.25, 0.3) is 5.56 Å². The number of nitrogens with one attached hydrogen (secondary N) is 1. The number of fused-ring (bicyclic) bond motifs is 3. The number of carbonyl (C=O) groups is 1. The third-order valence-electron chi connectivity index (χ3n) is 5.75. The summed E-state index contributed by atoms with van der Waals surface area (Å²) in [7, 11) is 3.00. The Labute approximate surface area is 181 Å². The van der Waals surface area contributed by atoms with Gasteiger partial charge < -0.3 is 5.32 Å². The van der Waals surface area contributed by atoms with Gasteiger partial charge in [0, 0.05) is 40.8 Å². The maximum Gasteiger partial charge on any atom is 0.332 e. The van der Waals surface area contributed by atoms with E-state index in [2.05, 4.69) is 5.32 Å². The Balaban J connectivity index is 1.91. The number of Topliss-reactive ketones (excluding diaryl/α,β-unsaturated/α-hetero) is 1. The van der Waals surface area contributed by atoms with Gasteiger partial charge in [-0.2, -0.15) is 0 Å². The first-order valence-electron chi connectivity index (χ1n) is 9.21. The van der Waals surface area contributed by atoms with Crippen LogP contribution in [0.25, 0.3) is 5.70 Å². The highest BCUT2D eigenvalue weighted by Gasteiger charge is 2.43. The van der Waals surface area contributed by atoms with Gasteiger partial charge in [0.2, 0.25) is 0 Å². The number of benzene rings is 2. The molecule has 150 valence electrons. The molecule has 0 saturated carbocycles. The van der Waals surface area contributed by atoms with Crippen molar-refractivity contribution in [2.24, 2.45) is 14.1 Å². The summed E-state index contributed by atoms with van der Waals surface area (Å²) >= 11 is 12.6. The molecule has 0 spiro atoms. The molecule has 5 rings (SSSR count). The van der Waals surface area contributed by atoms with Gasteiger partial charge in [-0.15, -0.1) is 0 Å². The van der Waals surface area contributed by atoms with E-state index in [4.69, 9.17) is 23.2 Å². The third-order valence-corrected chi connectivity index (χ3v) is 6.31. The number of aromatic nitrogens is 2. The second-order valence-electron chi connectivity index (χ2n) is 7.36. The minimum absolute atomic E-state index is 0.175. The minimum atomic E-state index is -0.744. The molecule has 2 aromatic carbocycles. The molecular weight excluding hydrogens is 425 g/mol. The molecule has 8 heteroatoms. The Morgan fingerprint density at radius 1 is 0.933 bits per heavy atom. The highest BCUT2D eigenvalue weighted by Crippen LogP contribution is 2.49. The fourth-order valence-electron chi connectivity index (χ4n) is 4.30. The van der Waals surface area contributed by atoms with Gasteiger partial charge in [-0.3, -0.25) is 18.7 Å². The summed E-state index contributed by atoms with van der Waals surface area (Å²) in [6.07, 6.45) is 0. The van der Waals surface area contributed by atoms with E-state index in [1.807, 2.05) is 12.1 Å². The number of halogens is 2. The van der Waals surface area contributed by atoms with Crippen LogP contribution < -0.4 is 16.6 Å². The Bertz CT molecular complexity index is 1430. The second kappa shape index (κ2) is 6.45. The number of nitrogens with zero attached hydrogens (tertiary/aromatic N) is 2. The van der Waals surface area contributed by atoms with Crippen LogP contribution in [-0.2, 0) is 14.1 Å². The van der Waals surface area contributed by atoms with Gasteiger partial charge in [0.15, 0.2) is 5.78 Å². The van der Waals surface area contributed by atoms with Crippen LogP contribution in [0.2, 0.25) is 10.0 Å². The summed E-state index contributed by atoms with van der Waals surface area (Å²) in [5.74, 6) is -0.570. The fraction of sp³-hybridized carbons (Fsp3) is 0.136. The average molecular weight is 440 g/mol. The molecule has 2 heterocycles. The van der Waals surface area contributed by atoms with Crippen molar-refractivity contribution in [2.45, 2.75) is 5.92 Å². The zero-order valence-corrected chi connectivity index (χ0v) is 17.5. The summed E-state index contributed by atoms with van der Waals surface area (Å²) in [6, 6.07) is 12.2. The van der Waals surface area contributed by atoms with Crippen LogP contribution in [0.4, 0.5) is 5.82 Å². The molecule has 6 nitrogen and oxygen atoms in total. The first-order chi connectivity index (χ1) is 14.3. The lowest BCUT2D eigenvalue weighted by Gasteiger charge is -2.30. The van der Waals surface area contributed by atoms with E-state index >= 15 is 0 Å². The Morgan fingerprint density at radius 3 is 2.33 bits per heavy atom. The SMILES string of the molecule is Cn1c2c(c(=O)n(C)c1=O)[C@H](c1ccc(Cl)cc1Cl)C1=C(N2)c2ccccc2C1=O. The van der Waals surface area contributed by atoms with Crippen molar-refractivity contribution < 1.29 is 4.79 Å². The quantitative estimate of drug-likeness (QED) is 0.628. The van der Waals surface area contributed by atoms with Crippen molar-refractivity contribution in [1.82, 2.24) is 9.13 Å². The molecule has 0 amide bonds. The molecule has 1 aliphatic heterocycles. The van der Waals surface area contributed by atoms with E-state index in [1.54, 1.807) is 37.4 Å². The lowest BCUT2D eigenvalue weighted by Crippen LogP contribution is -2.42. The smallest absolute Gasteiger partial charge is 0.332 e. The highest BCUT2D eigenvalue weighted by atomic mass is 35.5. The Morgan fingerprint density at radius 2 is 1.63 bits per heavy atom. The predicted octanol–water partition coefficient (Wildman–Crippen LogP) is 3.56. The monoisotopic (exact) mass is 439 g/mol. The standard InChI is InChI=1S/C22H15Cl2N3O3/c1-26-20-17(21(29)27(2)22(26)30)15(13-8-7-10(23)9-14(13)24)16-18(25-20)11-5-3-4-6-12(11)19(16)28/h3-9,15,25H,1-2H3/t15-/m1/s1. The van der Waals surface area contributed by atoms with Crippen molar-refractivity contribution >= 4 is 40.5 Å². The maximum absolute atomic E-state index is 13.4. The fourth-order valence-corrected chi connectivity index (χ4v) is 4.82. The molecule has 1 aliphatic carbocycles.